The van der Waals surface area contributed by atoms with Crippen LogP contribution in [0, 0.1) is 0 Å². The highest BCUT2D eigenvalue weighted by Gasteiger charge is 2.19. The zero-order valence-electron chi connectivity index (χ0n) is 10.2. The Bertz CT molecular complexity index is 273. The van der Waals surface area contributed by atoms with Crippen LogP contribution in [0.2, 0.25) is 0 Å². The molecule has 19 heavy (non-hydrogen) atoms. The van der Waals surface area contributed by atoms with Crippen LogP contribution < -0.4 is 5.32 Å². The molecule has 1 amide bonds. The van der Waals surface area contributed by atoms with Gasteiger partial charge in [-0.25, -0.2) is 9.59 Å². The van der Waals surface area contributed by atoms with Crippen molar-refractivity contribution in [3.8, 4) is 0 Å². The van der Waals surface area contributed by atoms with Gasteiger partial charge in [0.2, 0.25) is 0 Å². The third-order valence-corrected chi connectivity index (χ3v) is 2.00. The van der Waals surface area contributed by atoms with Gasteiger partial charge >= 0.3 is 12.1 Å². The van der Waals surface area contributed by atoms with Gasteiger partial charge in [0, 0.05) is 0 Å². The molecule has 112 valence electrons. The van der Waals surface area contributed by atoms with Crippen LogP contribution in [0.1, 0.15) is 19.3 Å². The Kier molecular flexibility index (Phi) is 9.66. The number of carboxylic acids is 1. The second kappa shape index (κ2) is 10.5. The molecule has 0 heterocycles. The number of hydrogen-bond donors (Lipinski definition) is 5. The van der Waals surface area contributed by atoms with Gasteiger partial charge in [-0.1, -0.05) is 0 Å². The van der Waals surface area contributed by atoms with Crippen LogP contribution in [0.3, 0.4) is 0 Å². The molecule has 0 aromatic rings. The molecule has 0 aliphatic heterocycles. The maximum atomic E-state index is 11.1. The first-order valence-corrected chi connectivity index (χ1v) is 5.55. The van der Waals surface area contributed by atoms with E-state index in [0.29, 0.717) is 19.3 Å². The van der Waals surface area contributed by atoms with E-state index in [0.717, 1.165) is 0 Å². The normalized spacial score (nSPS) is 12.2. The minimum absolute atomic E-state index is 0.0750. The van der Waals surface area contributed by atoms with Crippen molar-refractivity contribution in [2.75, 3.05) is 19.8 Å². The SMILES string of the molecule is O=C(NC(CO)C(=O)O)OCCCCCON(O)O. The van der Waals surface area contributed by atoms with Crippen LogP contribution in [0.15, 0.2) is 0 Å². The van der Waals surface area contributed by atoms with Crippen LogP contribution in [-0.2, 0) is 14.4 Å². The summed E-state index contributed by atoms with van der Waals surface area (Å²) in [6.45, 7) is -0.545. The Morgan fingerprint density at radius 2 is 1.79 bits per heavy atom. The van der Waals surface area contributed by atoms with Gasteiger partial charge in [-0.15, -0.1) is 0 Å². The molecular weight excluding hydrogens is 264 g/mol. The Morgan fingerprint density at radius 3 is 2.32 bits per heavy atom. The lowest BCUT2D eigenvalue weighted by Crippen LogP contribution is -2.43. The summed E-state index contributed by atoms with van der Waals surface area (Å²) in [4.78, 5) is 25.9. The molecule has 10 nitrogen and oxygen atoms in total. The molecule has 0 aromatic carbocycles. The molecule has 1 atom stereocenters. The average molecular weight is 282 g/mol. The molecule has 0 aliphatic rings. The zero-order chi connectivity index (χ0) is 14.7. The predicted octanol–water partition coefficient (Wildman–Crippen LogP) is -0.660. The van der Waals surface area contributed by atoms with Crippen molar-refractivity contribution in [3.63, 3.8) is 0 Å². The average Bonchev–Trinajstić information content (AvgIpc) is 2.34. The number of aliphatic hydroxyl groups excluding tert-OH is 1. The minimum Gasteiger partial charge on any atom is -0.480 e. The van der Waals surface area contributed by atoms with E-state index in [1.165, 1.54) is 0 Å². The standard InChI is InChI=1S/C9H18N2O8/c12-6-7(8(13)14)10-9(15)18-4-2-1-3-5-19-11(16)17/h7,12,16-17H,1-6H2,(H,10,15)(H,13,14). The summed E-state index contributed by atoms with van der Waals surface area (Å²) in [6, 6.07) is -1.39. The van der Waals surface area contributed by atoms with Crippen LogP contribution in [0.4, 0.5) is 4.79 Å². The Balaban J connectivity index is 3.51. The van der Waals surface area contributed by atoms with E-state index in [9.17, 15) is 9.59 Å². The molecule has 0 radical (unpaired) electrons. The van der Waals surface area contributed by atoms with Gasteiger partial charge in [-0.2, -0.15) is 0 Å². The largest absolute Gasteiger partial charge is 0.480 e. The third kappa shape index (κ3) is 10.2. The molecule has 0 fully saturated rings. The number of alkyl carbamates (subject to hydrolysis) is 1. The predicted molar refractivity (Wildman–Crippen MR) is 58.2 cm³/mol. The number of amides is 1. The summed E-state index contributed by atoms with van der Waals surface area (Å²) in [5.41, 5.74) is 0. The number of unbranched alkanes of at least 4 members (excludes halogenated alkanes) is 2. The number of carbonyl (C=O) groups is 2. The lowest BCUT2D eigenvalue weighted by atomic mass is 10.2. The molecule has 0 aliphatic carbocycles. The molecule has 0 saturated heterocycles. The van der Waals surface area contributed by atoms with E-state index in [1.54, 1.807) is 0 Å². The van der Waals surface area contributed by atoms with Gasteiger partial charge in [0.05, 0.1) is 25.2 Å². The van der Waals surface area contributed by atoms with Crippen molar-refractivity contribution in [2.45, 2.75) is 25.3 Å². The fourth-order valence-electron chi connectivity index (χ4n) is 1.06. The number of nitrogens with one attached hydrogen (secondary N) is 1. The zero-order valence-corrected chi connectivity index (χ0v) is 10.2. The van der Waals surface area contributed by atoms with Crippen molar-refractivity contribution in [1.29, 1.82) is 0 Å². The van der Waals surface area contributed by atoms with Crippen LogP contribution in [-0.4, -0.2) is 63.9 Å². The molecule has 0 rings (SSSR count). The first-order valence-electron chi connectivity index (χ1n) is 5.55. The molecule has 0 saturated carbocycles. The molecule has 0 aromatic heterocycles. The lowest BCUT2D eigenvalue weighted by Gasteiger charge is -2.11. The number of rotatable bonds is 10. The number of hydrogen-bond acceptors (Lipinski definition) is 8. The maximum Gasteiger partial charge on any atom is 0.407 e. The lowest BCUT2D eigenvalue weighted by molar-refractivity contribution is -0.492. The topological polar surface area (TPSA) is 149 Å². The smallest absolute Gasteiger partial charge is 0.407 e. The number of carboxylic acid groups (broad SMARTS) is 1. The van der Waals surface area contributed by atoms with Crippen molar-refractivity contribution in [1.82, 2.24) is 10.7 Å². The molecule has 10 heteroatoms. The van der Waals surface area contributed by atoms with Crippen molar-refractivity contribution >= 4 is 12.1 Å². The van der Waals surface area contributed by atoms with E-state index in [1.807, 2.05) is 5.32 Å². The van der Waals surface area contributed by atoms with Gasteiger partial charge < -0.3 is 20.3 Å². The molecule has 0 bridgehead atoms. The molecule has 5 N–H and O–H groups in total. The Morgan fingerprint density at radius 1 is 1.16 bits per heavy atom. The summed E-state index contributed by atoms with van der Waals surface area (Å²) >= 11 is 0. The third-order valence-electron chi connectivity index (χ3n) is 2.00. The van der Waals surface area contributed by atoms with E-state index in [2.05, 4.69) is 9.57 Å². The summed E-state index contributed by atoms with van der Waals surface area (Å²) < 4.78 is 4.68. The van der Waals surface area contributed by atoms with E-state index in [4.69, 9.17) is 20.6 Å². The summed E-state index contributed by atoms with van der Waals surface area (Å²) in [5, 5.41) is 35.2. The van der Waals surface area contributed by atoms with Crippen molar-refractivity contribution in [2.24, 2.45) is 0 Å². The number of ether oxygens (including phenoxy) is 1. The van der Waals surface area contributed by atoms with E-state index < -0.39 is 24.7 Å². The highest BCUT2D eigenvalue weighted by Crippen LogP contribution is 1.97. The highest BCUT2D eigenvalue weighted by atomic mass is 17.1. The van der Waals surface area contributed by atoms with Crippen molar-refractivity contribution in [3.05, 3.63) is 0 Å². The number of nitrogens with zero attached hydrogens (tertiary/aromatic N) is 1. The number of aliphatic carboxylic acids is 1. The summed E-state index contributed by atoms with van der Waals surface area (Å²) in [6.07, 6.45) is 0.722. The van der Waals surface area contributed by atoms with Crippen LogP contribution in [0.5, 0.6) is 0 Å². The summed E-state index contributed by atoms with van der Waals surface area (Å²) in [7, 11) is 0. The molecule has 1 unspecified atom stereocenters. The number of aliphatic hydroxyl groups is 1. The maximum absolute atomic E-state index is 11.1. The monoisotopic (exact) mass is 282 g/mol. The fraction of sp³-hybridized carbons (Fsp3) is 0.778. The second-order valence-electron chi connectivity index (χ2n) is 3.50. The Labute approximate surface area is 109 Å². The first kappa shape index (κ1) is 17.5. The molecule has 0 spiro atoms. The second-order valence-corrected chi connectivity index (χ2v) is 3.50. The quantitative estimate of drug-likeness (QED) is 0.260. The first-order chi connectivity index (χ1) is 8.97. The van der Waals surface area contributed by atoms with Crippen molar-refractivity contribution < 1.29 is 39.8 Å². The van der Waals surface area contributed by atoms with Crippen LogP contribution in [0.25, 0.3) is 0 Å². The number of carbonyl (C=O) groups excluding carboxylic acids is 1. The van der Waals surface area contributed by atoms with Crippen LogP contribution >= 0.6 is 0 Å². The minimum atomic E-state index is -1.39. The van der Waals surface area contributed by atoms with Gasteiger partial charge in [-0.3, -0.25) is 15.3 Å². The van der Waals surface area contributed by atoms with Gasteiger partial charge in [0.25, 0.3) is 0 Å². The van der Waals surface area contributed by atoms with Gasteiger partial charge in [0.1, 0.15) is 0 Å². The van der Waals surface area contributed by atoms with Gasteiger partial charge in [-0.05, 0) is 19.3 Å². The van der Waals surface area contributed by atoms with E-state index >= 15 is 0 Å². The highest BCUT2D eigenvalue weighted by molar-refractivity contribution is 5.79. The molecular formula is C9H18N2O8. The van der Waals surface area contributed by atoms with Gasteiger partial charge in [0.15, 0.2) is 6.04 Å². The van der Waals surface area contributed by atoms with E-state index in [-0.39, 0.29) is 18.6 Å². The summed E-state index contributed by atoms with van der Waals surface area (Å²) in [5.74, 6) is -1.35. The fourth-order valence-corrected chi connectivity index (χ4v) is 1.06. The Hall–Kier alpha value is -1.46.